The Kier molecular flexibility index (Phi) is 8.12. The Balaban J connectivity index is 1.16. The summed E-state index contributed by atoms with van der Waals surface area (Å²) in [5, 5.41) is 5.87. The van der Waals surface area contributed by atoms with Crippen molar-refractivity contribution in [1.82, 2.24) is 15.2 Å². The fourth-order valence-corrected chi connectivity index (χ4v) is 5.77. The smallest absolute Gasteiger partial charge is 0.277 e. The molecule has 10 heteroatoms. The van der Waals surface area contributed by atoms with Crippen LogP contribution in [0, 0.1) is 6.92 Å². The molecule has 1 aliphatic carbocycles. The summed E-state index contributed by atoms with van der Waals surface area (Å²) in [4.78, 5) is 49.5. The summed E-state index contributed by atoms with van der Waals surface area (Å²) in [5.74, 6) is 0.312. The van der Waals surface area contributed by atoms with Gasteiger partial charge in [-0.05, 0) is 62.4 Å². The van der Waals surface area contributed by atoms with Gasteiger partial charge in [-0.15, -0.1) is 0 Å². The minimum absolute atomic E-state index is 0.0686. The van der Waals surface area contributed by atoms with E-state index in [4.69, 9.17) is 4.42 Å². The number of aromatic nitrogens is 1. The number of rotatable bonds is 9. The van der Waals surface area contributed by atoms with Crippen LogP contribution >= 0.6 is 0 Å². The number of hydrogen-bond acceptors (Lipinski definition) is 7. The molecule has 10 nitrogen and oxygen atoms in total. The van der Waals surface area contributed by atoms with Crippen LogP contribution < -0.4 is 20.4 Å². The third-order valence-electron chi connectivity index (χ3n) is 8.35. The van der Waals surface area contributed by atoms with Crippen LogP contribution in [0.5, 0.6) is 0 Å². The van der Waals surface area contributed by atoms with Crippen LogP contribution in [0.15, 0.2) is 53.1 Å². The lowest BCUT2D eigenvalue weighted by Gasteiger charge is -2.38. The molecule has 0 radical (unpaired) electrons. The molecular formula is C32H38N6O4. The van der Waals surface area contributed by atoms with Crippen LogP contribution in [-0.2, 0) is 4.79 Å². The molecule has 42 heavy (non-hydrogen) atoms. The summed E-state index contributed by atoms with van der Waals surface area (Å²) >= 11 is 0. The highest BCUT2D eigenvalue weighted by Gasteiger charge is 2.30. The Labute approximate surface area is 246 Å². The fraction of sp³-hybridized carbons (Fsp3) is 0.438. The highest BCUT2D eigenvalue weighted by molar-refractivity contribution is 6.06. The first kappa shape index (κ1) is 27.8. The van der Waals surface area contributed by atoms with Gasteiger partial charge in [-0.25, -0.2) is 4.98 Å². The molecule has 0 unspecified atom stereocenters. The Bertz CT molecular complexity index is 1450. The normalized spacial score (nSPS) is 16.9. The first-order chi connectivity index (χ1) is 20.5. The van der Waals surface area contributed by atoms with Crippen LogP contribution in [0.1, 0.15) is 70.3 Å². The van der Waals surface area contributed by atoms with Crippen LogP contribution in [0.25, 0.3) is 0 Å². The van der Waals surface area contributed by atoms with Crippen molar-refractivity contribution in [1.29, 1.82) is 0 Å². The molecule has 3 aliphatic rings. The average Bonchev–Trinajstić information content (AvgIpc) is 3.47. The van der Waals surface area contributed by atoms with E-state index < -0.39 is 0 Å². The monoisotopic (exact) mass is 570 g/mol. The lowest BCUT2D eigenvalue weighted by Crippen LogP contribution is -2.47. The number of carbonyl (C=O) groups excluding carboxylic acids is 3. The topological polar surface area (TPSA) is 111 Å². The van der Waals surface area contributed by atoms with Crippen molar-refractivity contribution in [3.05, 3.63) is 71.4 Å². The molecule has 0 bridgehead atoms. The predicted octanol–water partition coefficient (Wildman–Crippen LogP) is 4.18. The number of piperazine rings is 1. The van der Waals surface area contributed by atoms with Crippen molar-refractivity contribution < 1.29 is 18.8 Å². The summed E-state index contributed by atoms with van der Waals surface area (Å²) in [6, 6.07) is 13.8. The van der Waals surface area contributed by atoms with Gasteiger partial charge in [0.05, 0.1) is 11.4 Å². The van der Waals surface area contributed by atoms with Gasteiger partial charge in [0, 0.05) is 69.4 Å². The number of anilines is 3. The number of aryl methyl sites for hydroxylation is 1. The maximum Gasteiger partial charge on any atom is 0.277 e. The maximum absolute atomic E-state index is 13.2. The number of para-hydroxylation sites is 1. The average molecular weight is 571 g/mol. The number of carbonyl (C=O) groups is 3. The maximum atomic E-state index is 13.2. The zero-order valence-electron chi connectivity index (χ0n) is 24.1. The summed E-state index contributed by atoms with van der Waals surface area (Å²) in [5.41, 5.74) is 4.51. The first-order valence-corrected chi connectivity index (χ1v) is 15.0. The van der Waals surface area contributed by atoms with Gasteiger partial charge in [0.15, 0.2) is 11.6 Å². The largest absolute Gasteiger partial charge is 0.448 e. The molecule has 1 saturated carbocycles. The van der Waals surface area contributed by atoms with Gasteiger partial charge < -0.3 is 29.8 Å². The zero-order valence-corrected chi connectivity index (χ0v) is 24.1. The number of amides is 3. The van der Waals surface area contributed by atoms with Crippen molar-refractivity contribution in [3.8, 4) is 0 Å². The summed E-state index contributed by atoms with van der Waals surface area (Å²) < 4.78 is 5.54. The second kappa shape index (κ2) is 12.3. The lowest BCUT2D eigenvalue weighted by atomic mass is 10.1. The molecule has 2 aromatic carbocycles. The van der Waals surface area contributed by atoms with Crippen molar-refractivity contribution in [2.75, 3.05) is 60.9 Å². The lowest BCUT2D eigenvalue weighted by molar-refractivity contribution is -0.129. The molecule has 6 rings (SSSR count). The van der Waals surface area contributed by atoms with Crippen molar-refractivity contribution in [3.63, 3.8) is 0 Å². The van der Waals surface area contributed by atoms with E-state index in [1.54, 1.807) is 12.1 Å². The molecule has 3 fully saturated rings. The van der Waals surface area contributed by atoms with Crippen LogP contribution in [-0.4, -0.2) is 73.4 Å². The molecule has 0 atom stereocenters. The molecular weight excluding hydrogens is 532 g/mol. The van der Waals surface area contributed by atoms with Crippen molar-refractivity contribution in [2.24, 2.45) is 0 Å². The summed E-state index contributed by atoms with van der Waals surface area (Å²) in [7, 11) is 0. The number of benzene rings is 2. The minimum Gasteiger partial charge on any atom is -0.448 e. The van der Waals surface area contributed by atoms with Gasteiger partial charge in [0.2, 0.25) is 5.91 Å². The van der Waals surface area contributed by atoms with Crippen molar-refractivity contribution in [2.45, 2.75) is 44.9 Å². The summed E-state index contributed by atoms with van der Waals surface area (Å²) in [6.07, 6.45) is 5.81. The number of nitrogens with one attached hydrogen (secondary N) is 2. The first-order valence-electron chi connectivity index (χ1n) is 15.0. The third-order valence-corrected chi connectivity index (χ3v) is 8.35. The Morgan fingerprint density at radius 2 is 1.62 bits per heavy atom. The highest BCUT2D eigenvalue weighted by atomic mass is 16.3. The highest BCUT2D eigenvalue weighted by Crippen LogP contribution is 2.39. The molecule has 3 aromatic rings. The number of oxazole rings is 1. The predicted molar refractivity (Wildman–Crippen MR) is 161 cm³/mol. The molecule has 0 spiro atoms. The molecule has 3 amide bonds. The second-order valence-corrected chi connectivity index (χ2v) is 11.4. The Hall–Kier alpha value is -4.34. The van der Waals surface area contributed by atoms with Gasteiger partial charge in [-0.3, -0.25) is 14.4 Å². The van der Waals surface area contributed by atoms with Crippen LogP contribution in [0.3, 0.4) is 0 Å². The number of likely N-dealkylation sites (tertiary alicyclic amines) is 1. The molecule has 2 aliphatic heterocycles. The van der Waals surface area contributed by atoms with E-state index in [2.05, 4.69) is 56.6 Å². The van der Waals surface area contributed by atoms with E-state index in [0.717, 1.165) is 70.6 Å². The number of nitrogens with zero attached hydrogens (tertiary/aromatic N) is 4. The van der Waals surface area contributed by atoms with Gasteiger partial charge in [0.1, 0.15) is 6.26 Å². The van der Waals surface area contributed by atoms with E-state index >= 15 is 0 Å². The van der Waals surface area contributed by atoms with E-state index in [-0.39, 0.29) is 36.4 Å². The number of hydrogen-bond donors (Lipinski definition) is 2. The molecule has 220 valence electrons. The van der Waals surface area contributed by atoms with E-state index in [9.17, 15) is 14.4 Å². The van der Waals surface area contributed by atoms with Crippen LogP contribution in [0.2, 0.25) is 0 Å². The van der Waals surface area contributed by atoms with Gasteiger partial charge in [-0.1, -0.05) is 18.2 Å². The van der Waals surface area contributed by atoms with E-state index in [1.807, 2.05) is 11.0 Å². The second-order valence-electron chi connectivity index (χ2n) is 11.4. The fourth-order valence-electron chi connectivity index (χ4n) is 5.77. The standard InChI is InChI=1S/C32H38N6O4/c1-22-6-2-3-7-27(22)36-16-18-37(19-17-36)28-11-10-24(30(40)33-13-12-29(39)38-14-4-5-15-38)20-25(28)34-31(41)26-21-42-32(35-26)23-8-9-23/h2-3,6-7,10-11,20-21,23H,4-5,8-9,12-19H2,1H3,(H,33,40)(H,34,41). The zero-order chi connectivity index (χ0) is 29.1. The van der Waals surface area contributed by atoms with Crippen LogP contribution in [0.4, 0.5) is 17.1 Å². The molecule has 3 heterocycles. The quantitative estimate of drug-likeness (QED) is 0.397. The Morgan fingerprint density at radius 1 is 0.905 bits per heavy atom. The molecule has 2 saturated heterocycles. The SMILES string of the molecule is Cc1ccccc1N1CCN(c2ccc(C(=O)NCCC(=O)N3CCCC3)cc2NC(=O)c2coc(C3CC3)n2)CC1. The van der Waals surface area contributed by atoms with E-state index in [0.29, 0.717) is 23.1 Å². The van der Waals surface area contributed by atoms with E-state index in [1.165, 1.54) is 17.5 Å². The van der Waals surface area contributed by atoms with Crippen molar-refractivity contribution >= 4 is 34.8 Å². The molecule has 1 aromatic heterocycles. The summed E-state index contributed by atoms with van der Waals surface area (Å²) in [6.45, 7) is 7.17. The Morgan fingerprint density at radius 3 is 2.33 bits per heavy atom. The van der Waals surface area contributed by atoms with Gasteiger partial charge >= 0.3 is 0 Å². The molecule has 2 N–H and O–H groups in total. The van der Waals surface area contributed by atoms with Gasteiger partial charge in [-0.2, -0.15) is 0 Å². The minimum atomic E-state index is -0.376. The third kappa shape index (κ3) is 6.27. The van der Waals surface area contributed by atoms with Gasteiger partial charge in [0.25, 0.3) is 11.8 Å².